The van der Waals surface area contributed by atoms with Gasteiger partial charge in [0.2, 0.25) is 27.6 Å². The van der Waals surface area contributed by atoms with Crippen LogP contribution < -0.4 is 5.32 Å². The summed E-state index contributed by atoms with van der Waals surface area (Å²) in [4.78, 5) is 16.6. The van der Waals surface area contributed by atoms with Crippen molar-refractivity contribution in [2.75, 3.05) is 19.3 Å². The molecule has 0 spiro atoms. The largest absolute Gasteiger partial charge is 0.347 e. The fraction of sp³-hybridized carbons (Fsp3) is 0.471. The zero-order valence-electron chi connectivity index (χ0n) is 14.8. The van der Waals surface area contributed by atoms with Gasteiger partial charge in [-0.3, -0.25) is 4.79 Å². The Morgan fingerprint density at radius 3 is 2.65 bits per heavy atom. The van der Waals surface area contributed by atoms with Gasteiger partial charge in [-0.2, -0.15) is 4.98 Å². The number of nitrogens with one attached hydrogen (secondary N) is 1. The molecule has 0 unspecified atom stereocenters. The molecule has 0 bridgehead atoms. The van der Waals surface area contributed by atoms with Crippen LogP contribution in [0.1, 0.15) is 24.3 Å². The molecule has 9 heteroatoms. The molecule has 8 nitrogen and oxygen atoms in total. The number of aromatic nitrogens is 2. The molecule has 26 heavy (non-hydrogen) atoms. The highest BCUT2D eigenvalue weighted by Crippen LogP contribution is 2.21. The van der Waals surface area contributed by atoms with Crippen LogP contribution in [0.5, 0.6) is 0 Å². The Bertz CT molecular complexity index is 886. The molecule has 1 saturated heterocycles. The predicted octanol–water partition coefficient (Wildman–Crippen LogP) is 1.33. The third kappa shape index (κ3) is 4.28. The molecule has 2 heterocycles. The van der Waals surface area contributed by atoms with Crippen LogP contribution in [-0.2, 0) is 21.4 Å². The van der Waals surface area contributed by atoms with Crippen molar-refractivity contribution in [3.63, 3.8) is 0 Å². The second-order valence-electron chi connectivity index (χ2n) is 6.48. The van der Waals surface area contributed by atoms with Gasteiger partial charge < -0.3 is 9.84 Å². The first-order valence-electron chi connectivity index (χ1n) is 8.46. The summed E-state index contributed by atoms with van der Waals surface area (Å²) in [6.07, 6.45) is 2.21. The fourth-order valence-electron chi connectivity index (χ4n) is 3.02. The van der Waals surface area contributed by atoms with Crippen LogP contribution in [0.4, 0.5) is 0 Å². The molecule has 2 aromatic rings. The maximum Gasteiger partial charge on any atom is 0.246 e. The van der Waals surface area contributed by atoms with Gasteiger partial charge in [0.25, 0.3) is 0 Å². The Balaban J connectivity index is 1.54. The second-order valence-corrected chi connectivity index (χ2v) is 8.46. The number of nitrogens with zero attached hydrogens (tertiary/aromatic N) is 3. The molecule has 140 valence electrons. The molecular formula is C17H22N4O4S. The van der Waals surface area contributed by atoms with Crippen molar-refractivity contribution >= 4 is 15.9 Å². The average molecular weight is 378 g/mol. The van der Waals surface area contributed by atoms with Crippen LogP contribution in [0.15, 0.2) is 28.8 Å². The molecule has 1 aromatic heterocycles. The van der Waals surface area contributed by atoms with E-state index < -0.39 is 10.0 Å². The Morgan fingerprint density at radius 2 is 2.00 bits per heavy atom. The minimum absolute atomic E-state index is 0.117. The van der Waals surface area contributed by atoms with Crippen molar-refractivity contribution in [3.8, 4) is 11.4 Å². The summed E-state index contributed by atoms with van der Waals surface area (Å²) < 4.78 is 29.6. The zero-order chi connectivity index (χ0) is 18.7. The predicted molar refractivity (Wildman–Crippen MR) is 95.5 cm³/mol. The third-order valence-electron chi connectivity index (χ3n) is 4.56. The van der Waals surface area contributed by atoms with Gasteiger partial charge in [-0.25, -0.2) is 12.7 Å². The molecule has 0 radical (unpaired) electrons. The molecule has 1 N–H and O–H groups in total. The topological polar surface area (TPSA) is 105 Å². The van der Waals surface area contributed by atoms with Gasteiger partial charge in [0, 0.05) is 24.6 Å². The van der Waals surface area contributed by atoms with Gasteiger partial charge in [0.05, 0.1) is 12.8 Å². The summed E-state index contributed by atoms with van der Waals surface area (Å²) in [5.74, 6) is 0.513. The Hall–Kier alpha value is -2.26. The van der Waals surface area contributed by atoms with E-state index in [9.17, 15) is 13.2 Å². The van der Waals surface area contributed by atoms with E-state index in [1.165, 1.54) is 10.6 Å². The lowest BCUT2D eigenvalue weighted by molar-refractivity contribution is -0.126. The zero-order valence-corrected chi connectivity index (χ0v) is 15.6. The number of carbonyl (C=O) groups excluding carboxylic acids is 1. The summed E-state index contributed by atoms with van der Waals surface area (Å²) in [5, 5.41) is 6.76. The number of carbonyl (C=O) groups is 1. The number of rotatable bonds is 5. The summed E-state index contributed by atoms with van der Waals surface area (Å²) in [6, 6.07) is 7.73. The summed E-state index contributed by atoms with van der Waals surface area (Å²) in [6.45, 7) is 2.86. The lowest BCUT2D eigenvalue weighted by Gasteiger charge is -2.29. The quantitative estimate of drug-likeness (QED) is 0.841. The van der Waals surface area contributed by atoms with E-state index >= 15 is 0 Å². The maximum absolute atomic E-state index is 12.3. The van der Waals surface area contributed by atoms with Crippen molar-refractivity contribution in [1.29, 1.82) is 0 Å². The first kappa shape index (κ1) is 18.5. The first-order valence-corrected chi connectivity index (χ1v) is 10.3. The molecule has 1 aliphatic rings. The van der Waals surface area contributed by atoms with Gasteiger partial charge in [-0.15, -0.1) is 0 Å². The minimum atomic E-state index is -3.19. The molecule has 0 saturated carbocycles. The van der Waals surface area contributed by atoms with Crippen LogP contribution >= 0.6 is 0 Å². The van der Waals surface area contributed by atoms with Crippen LogP contribution in [0, 0.1) is 12.8 Å². The number of aryl methyl sites for hydroxylation is 1. The molecule has 1 aromatic carbocycles. The number of hydrogen-bond acceptors (Lipinski definition) is 6. The SMILES string of the molecule is Cc1ccccc1-c1noc(CNC(=O)C2CCN(S(C)(=O)=O)CC2)n1. The van der Waals surface area contributed by atoms with E-state index in [0.717, 1.165) is 11.1 Å². The summed E-state index contributed by atoms with van der Waals surface area (Å²) in [7, 11) is -3.19. The molecule has 3 rings (SSSR count). The minimum Gasteiger partial charge on any atom is -0.347 e. The maximum atomic E-state index is 12.3. The Kier molecular flexibility index (Phi) is 5.38. The molecular weight excluding hydrogens is 356 g/mol. The average Bonchev–Trinajstić information content (AvgIpc) is 3.08. The number of piperidine rings is 1. The highest BCUT2D eigenvalue weighted by atomic mass is 32.2. The molecule has 1 amide bonds. The molecule has 1 aliphatic heterocycles. The van der Waals surface area contributed by atoms with E-state index in [2.05, 4.69) is 15.5 Å². The third-order valence-corrected chi connectivity index (χ3v) is 5.86. The van der Waals surface area contributed by atoms with Crippen molar-refractivity contribution in [1.82, 2.24) is 19.8 Å². The smallest absolute Gasteiger partial charge is 0.246 e. The molecule has 1 fully saturated rings. The van der Waals surface area contributed by atoms with Crippen LogP contribution in [0.2, 0.25) is 0 Å². The van der Waals surface area contributed by atoms with E-state index in [0.29, 0.717) is 37.6 Å². The number of benzene rings is 1. The number of hydrogen-bond donors (Lipinski definition) is 1. The van der Waals surface area contributed by atoms with Gasteiger partial charge in [-0.05, 0) is 25.3 Å². The standard InChI is InChI=1S/C17H22N4O4S/c1-12-5-3-4-6-14(12)16-19-15(25-20-16)11-18-17(22)13-7-9-21(10-8-13)26(2,23)24/h3-6,13H,7-11H2,1-2H3,(H,18,22). The summed E-state index contributed by atoms with van der Waals surface area (Å²) in [5.41, 5.74) is 1.93. The van der Waals surface area contributed by atoms with Gasteiger partial charge in [0.15, 0.2) is 0 Å². The van der Waals surface area contributed by atoms with Crippen molar-refractivity contribution in [2.45, 2.75) is 26.3 Å². The number of amides is 1. The van der Waals surface area contributed by atoms with Crippen molar-refractivity contribution in [2.24, 2.45) is 5.92 Å². The van der Waals surface area contributed by atoms with Gasteiger partial charge in [-0.1, -0.05) is 29.4 Å². The van der Waals surface area contributed by atoms with Crippen LogP contribution in [0.3, 0.4) is 0 Å². The van der Waals surface area contributed by atoms with Gasteiger partial charge >= 0.3 is 0 Å². The van der Waals surface area contributed by atoms with Crippen LogP contribution in [0.25, 0.3) is 11.4 Å². The van der Waals surface area contributed by atoms with Gasteiger partial charge in [0.1, 0.15) is 0 Å². The Morgan fingerprint density at radius 1 is 1.31 bits per heavy atom. The second kappa shape index (κ2) is 7.55. The highest BCUT2D eigenvalue weighted by molar-refractivity contribution is 7.88. The van der Waals surface area contributed by atoms with E-state index in [1.54, 1.807) is 0 Å². The molecule has 0 aliphatic carbocycles. The normalized spacial score (nSPS) is 16.5. The fourth-order valence-corrected chi connectivity index (χ4v) is 3.89. The number of sulfonamides is 1. The first-order chi connectivity index (χ1) is 12.3. The Labute approximate surface area is 152 Å². The lowest BCUT2D eigenvalue weighted by Crippen LogP contribution is -2.42. The monoisotopic (exact) mass is 378 g/mol. The summed E-state index contributed by atoms with van der Waals surface area (Å²) >= 11 is 0. The lowest BCUT2D eigenvalue weighted by atomic mass is 9.97. The van der Waals surface area contributed by atoms with Crippen LogP contribution in [-0.4, -0.2) is 48.1 Å². The molecule has 0 atom stereocenters. The van der Waals surface area contributed by atoms with E-state index in [1.807, 2.05) is 31.2 Å². The van der Waals surface area contributed by atoms with Crippen molar-refractivity contribution < 1.29 is 17.7 Å². The van der Waals surface area contributed by atoms with E-state index in [4.69, 9.17) is 4.52 Å². The van der Waals surface area contributed by atoms with Crippen molar-refractivity contribution in [3.05, 3.63) is 35.7 Å². The van der Waals surface area contributed by atoms with E-state index in [-0.39, 0.29) is 18.4 Å². The highest BCUT2D eigenvalue weighted by Gasteiger charge is 2.29.